The molecule has 16 N–H and O–H groups in total. The molecule has 5 saturated heterocycles. The average Bonchev–Trinajstić information content (AvgIpc) is 0.867. The Labute approximate surface area is 534 Å². The van der Waals surface area contributed by atoms with Crippen LogP contribution in [0.5, 0.6) is 0 Å². The van der Waals surface area contributed by atoms with E-state index < -0.39 is 261 Å². The predicted octanol–water partition coefficient (Wildman–Crippen LogP) is -9.64. The molecule has 0 radical (unpaired) electrons. The van der Waals surface area contributed by atoms with Crippen molar-refractivity contribution in [1.82, 2.24) is 10.2 Å². The third-order valence-corrected chi connectivity index (χ3v) is 15.1. The number of amides is 1. The van der Waals surface area contributed by atoms with Crippen molar-refractivity contribution >= 4 is 54.4 Å². The number of thiol groups is 1. The fourth-order valence-electron chi connectivity index (χ4n) is 10.3. The van der Waals surface area contributed by atoms with Crippen LogP contribution in [-0.4, -0.2) is 382 Å². The van der Waals surface area contributed by atoms with Gasteiger partial charge in [0.25, 0.3) is 0 Å². The van der Waals surface area contributed by atoms with E-state index in [0.29, 0.717) is 0 Å². The van der Waals surface area contributed by atoms with E-state index >= 15 is 0 Å². The zero-order chi connectivity index (χ0) is 68.8. The van der Waals surface area contributed by atoms with Gasteiger partial charge in [-0.3, -0.25) is 24.1 Å². The van der Waals surface area contributed by atoms with E-state index in [1.54, 1.807) is 0 Å². The summed E-state index contributed by atoms with van der Waals surface area (Å²) in [5.74, 6) is -9.07. The van der Waals surface area contributed by atoms with Gasteiger partial charge in [-0.1, -0.05) is 0 Å². The second-order valence-corrected chi connectivity index (χ2v) is 22.2. The minimum atomic E-state index is -2.11. The van der Waals surface area contributed by atoms with Gasteiger partial charge in [0, 0.05) is 32.9 Å². The fraction of sp³-hybridized carbons (Fsp3) is 0.865. The maximum absolute atomic E-state index is 13.1. The van der Waals surface area contributed by atoms with Gasteiger partial charge in [-0.25, -0.2) is 14.4 Å². The Bertz CT molecular complexity index is 2320. The first-order valence-corrected chi connectivity index (χ1v) is 29.6. The smallest absolute Gasteiger partial charge is 0.332 e. The molecule has 41 heteroatoms. The zero-order valence-electron chi connectivity index (χ0n) is 50.2. The highest BCUT2D eigenvalue weighted by molar-refractivity contribution is 7.80. The molecule has 5 rings (SSSR count). The molecule has 0 bridgehead atoms. The first-order chi connectivity index (χ1) is 44.1. The molecule has 0 aromatic carbocycles. The average molecular weight is 1380 g/mol. The number of aliphatic carboxylic acids is 5. The second kappa shape index (κ2) is 39.1. The Morgan fingerprint density at radius 1 is 0.473 bits per heavy atom. The van der Waals surface area contributed by atoms with Crippen molar-refractivity contribution in [3.05, 3.63) is 0 Å². The monoisotopic (exact) mass is 1380 g/mol. The molecule has 1 amide bonds. The van der Waals surface area contributed by atoms with E-state index in [1.807, 2.05) is 0 Å². The number of aliphatic hydroxyl groups excluding tert-OH is 10. The number of rotatable bonds is 40. The number of carbonyl (C=O) groups is 7. The number of carboxylic acid groups (broad SMARTS) is 5. The molecule has 5 aliphatic heterocycles. The van der Waals surface area contributed by atoms with Gasteiger partial charge in [0.15, 0.2) is 31.5 Å². The molecule has 0 aromatic heterocycles. The van der Waals surface area contributed by atoms with Crippen LogP contribution in [0.4, 0.5) is 0 Å². The minimum Gasteiger partial charge on any atom is -0.480 e. The van der Waals surface area contributed by atoms with Gasteiger partial charge in [-0.05, 0) is 19.3 Å². The lowest BCUT2D eigenvalue weighted by molar-refractivity contribution is -0.353. The summed E-state index contributed by atoms with van der Waals surface area (Å²) in [4.78, 5) is 83.7. The number of methoxy groups -OCH3 is 2. The summed E-state index contributed by atoms with van der Waals surface area (Å²) in [5, 5.41) is 161. The molecule has 25 unspecified atom stereocenters. The van der Waals surface area contributed by atoms with E-state index in [9.17, 15) is 105 Å². The molecule has 536 valence electrons. The Morgan fingerprint density at radius 3 is 1.45 bits per heavy atom. The highest BCUT2D eigenvalue weighted by Crippen LogP contribution is 2.33. The lowest BCUT2D eigenvalue weighted by atomic mass is 9.97. The number of carboxylic acids is 5. The summed E-state index contributed by atoms with van der Waals surface area (Å²) in [5.41, 5.74) is 0. The van der Waals surface area contributed by atoms with E-state index in [1.165, 1.54) is 7.11 Å². The maximum Gasteiger partial charge on any atom is 0.332 e. The summed E-state index contributed by atoms with van der Waals surface area (Å²) in [7, 11) is 2.44. The van der Waals surface area contributed by atoms with Gasteiger partial charge in [0.05, 0.1) is 52.2 Å². The predicted molar refractivity (Wildman–Crippen MR) is 295 cm³/mol. The Balaban J connectivity index is 1.31. The standard InChI is InChI=1S/C52H84N2O38S/c1-77-12-24-22(55)9-23(56)48(88-24)84-15-27-43(80-17-29(57)53-6-4-3-5-21(47(75)76)54(10-30(58)59)11-31(60)61)38(70)40(72)50(91-27)87-16-28-44(83-20-34(66)79-7-8-93)39(71)41(73)49(92-28)85-14-26-36(68)45(81-18-32(62)63)42(74)51(89-26)86-13-25-35(67)37(69)46(52(78-2)90-25)82-19-33(64)65/h21-28,35-46,48-52,55-56,67-74,93H,3-20H2,1-2H3,(H,53,57)(H,58,59)(H,60,61)(H,62,63)(H,64,65)(H,75,76). The van der Waals surface area contributed by atoms with Crippen LogP contribution in [0.3, 0.4) is 0 Å². The van der Waals surface area contributed by atoms with Crippen LogP contribution in [-0.2, 0) is 109 Å². The van der Waals surface area contributed by atoms with Gasteiger partial charge in [0.1, 0.15) is 149 Å². The van der Waals surface area contributed by atoms with Crippen LogP contribution in [0.15, 0.2) is 0 Å². The Kier molecular flexibility index (Phi) is 33.3. The molecule has 5 heterocycles. The second-order valence-electron chi connectivity index (χ2n) is 21.8. The molecule has 0 spiro atoms. The van der Waals surface area contributed by atoms with Crippen molar-refractivity contribution in [2.75, 3.05) is 106 Å². The molecule has 93 heavy (non-hydrogen) atoms. The molecule has 5 fully saturated rings. The number of carbonyl (C=O) groups excluding carboxylic acids is 2. The van der Waals surface area contributed by atoms with Crippen molar-refractivity contribution in [1.29, 1.82) is 0 Å². The topological polar surface area (TPSA) is 586 Å². The van der Waals surface area contributed by atoms with Gasteiger partial charge in [-0.2, -0.15) is 12.6 Å². The maximum atomic E-state index is 13.1. The van der Waals surface area contributed by atoms with Crippen molar-refractivity contribution in [3.8, 4) is 0 Å². The van der Waals surface area contributed by atoms with E-state index in [0.717, 1.165) is 12.0 Å². The third kappa shape index (κ3) is 23.7. The van der Waals surface area contributed by atoms with Crippen molar-refractivity contribution in [2.45, 2.75) is 179 Å². The number of esters is 1. The van der Waals surface area contributed by atoms with Crippen molar-refractivity contribution in [2.24, 2.45) is 0 Å². The molecule has 40 nitrogen and oxygen atoms in total. The molecule has 5 aliphatic rings. The minimum absolute atomic E-state index is 0.0636. The Morgan fingerprint density at radius 2 is 0.935 bits per heavy atom. The van der Waals surface area contributed by atoms with Crippen LogP contribution in [0.25, 0.3) is 0 Å². The summed E-state index contributed by atoms with van der Waals surface area (Å²) >= 11 is 3.98. The Hall–Kier alpha value is -4.40. The molecule has 25 atom stereocenters. The van der Waals surface area contributed by atoms with E-state index in [-0.39, 0.29) is 51.2 Å². The number of ether oxygens (including phenoxy) is 16. The van der Waals surface area contributed by atoms with Gasteiger partial charge in [-0.15, -0.1) is 0 Å². The molecule has 0 aliphatic carbocycles. The first-order valence-electron chi connectivity index (χ1n) is 29.0. The normalized spacial score (nSPS) is 36.0. The number of nitrogens with zero attached hydrogens (tertiary/aromatic N) is 1. The van der Waals surface area contributed by atoms with E-state index in [2.05, 4.69) is 17.9 Å². The summed E-state index contributed by atoms with van der Waals surface area (Å²) in [6.07, 6.45) is -42.0. The number of aliphatic hydroxyl groups is 10. The van der Waals surface area contributed by atoms with Gasteiger partial charge in [0.2, 0.25) is 5.91 Å². The zero-order valence-corrected chi connectivity index (χ0v) is 51.0. The van der Waals surface area contributed by atoms with Crippen LogP contribution < -0.4 is 5.32 Å². The highest BCUT2D eigenvalue weighted by Gasteiger charge is 2.53. The third-order valence-electron chi connectivity index (χ3n) is 14.9. The SMILES string of the molecule is COCC1OC(OCC2OC(OCC3OC(OCC4OC(OCC5OC(OC)C(OCC(=O)O)C(O)C5O)C(O)C(OCC(=O)O)C4O)C(O)C(O)C3OCC(=O)OCCS)C(O)C(O)C2OCC(=O)NCCCCC(C(=O)O)N(CC(=O)O)CC(=O)O)C(O)CC1O. The van der Waals surface area contributed by atoms with Crippen LogP contribution >= 0.6 is 12.6 Å². The fourth-order valence-corrected chi connectivity index (χ4v) is 10.4. The highest BCUT2D eigenvalue weighted by atomic mass is 32.1. The summed E-state index contributed by atoms with van der Waals surface area (Å²) in [6.45, 7) is -9.11. The lowest BCUT2D eigenvalue weighted by Crippen LogP contribution is -2.64. The molecular weight excluding hydrogens is 1290 g/mol. The quantitative estimate of drug-likeness (QED) is 0.0154. The first kappa shape index (κ1) is 79.3. The molecule has 0 aromatic rings. The number of nitrogens with one attached hydrogen (secondary N) is 1. The van der Waals surface area contributed by atoms with Crippen LogP contribution in [0, 0.1) is 0 Å². The largest absolute Gasteiger partial charge is 0.480 e. The molecular formula is C52H84N2O38S. The van der Waals surface area contributed by atoms with Gasteiger partial charge >= 0.3 is 35.8 Å². The summed E-state index contributed by atoms with van der Waals surface area (Å²) in [6, 6.07) is -1.50. The number of unbranched alkanes of at least 4 members (excludes halogenated alkanes) is 1. The molecule has 0 saturated carbocycles. The van der Waals surface area contributed by atoms with Crippen LogP contribution in [0.2, 0.25) is 0 Å². The lowest BCUT2D eigenvalue weighted by Gasteiger charge is -2.46. The summed E-state index contributed by atoms with van der Waals surface area (Å²) < 4.78 is 89.5. The van der Waals surface area contributed by atoms with Gasteiger partial charge < -0.3 is 158 Å². The number of hydrogen-bond acceptors (Lipinski definition) is 35. The van der Waals surface area contributed by atoms with Crippen molar-refractivity contribution in [3.63, 3.8) is 0 Å². The number of hydrogen-bond donors (Lipinski definition) is 17. The van der Waals surface area contributed by atoms with Crippen LogP contribution in [0.1, 0.15) is 25.7 Å². The van der Waals surface area contributed by atoms with E-state index in [4.69, 9.17) is 80.9 Å². The van der Waals surface area contributed by atoms with Crippen molar-refractivity contribution < 1.29 is 186 Å².